The van der Waals surface area contributed by atoms with Gasteiger partial charge in [-0.05, 0) is 18.8 Å². The molecule has 8 nitrogen and oxygen atoms in total. The molecule has 0 fully saturated rings. The van der Waals surface area contributed by atoms with E-state index in [1.807, 2.05) is 6.92 Å². The molecule has 0 aliphatic carbocycles. The Bertz CT molecular complexity index is 472. The van der Waals surface area contributed by atoms with Crippen molar-refractivity contribution < 1.29 is 14.7 Å². The maximum atomic E-state index is 11.6. The number of nitrogens with one attached hydrogen (secondary N) is 2. The van der Waals surface area contributed by atoms with Crippen molar-refractivity contribution in [1.29, 1.82) is 0 Å². The van der Waals surface area contributed by atoms with E-state index in [-0.39, 0.29) is 6.54 Å². The first-order chi connectivity index (χ1) is 9.92. The van der Waals surface area contributed by atoms with E-state index in [9.17, 15) is 14.7 Å². The van der Waals surface area contributed by atoms with Crippen LogP contribution in [0.5, 0.6) is 0 Å². The van der Waals surface area contributed by atoms with E-state index in [1.165, 1.54) is 10.9 Å². The average molecular weight is 297 g/mol. The Kier molecular flexibility index (Phi) is 6.80. The van der Waals surface area contributed by atoms with Crippen molar-refractivity contribution >= 4 is 11.9 Å². The van der Waals surface area contributed by atoms with Gasteiger partial charge in [-0.3, -0.25) is 10.1 Å². The van der Waals surface area contributed by atoms with Gasteiger partial charge in [0.2, 0.25) is 5.91 Å². The van der Waals surface area contributed by atoms with E-state index in [1.54, 1.807) is 0 Å². The molecular formula is C13H23N5O3. The van der Waals surface area contributed by atoms with Gasteiger partial charge in [0.1, 0.15) is 12.2 Å². The Morgan fingerprint density at radius 1 is 1.43 bits per heavy atom. The van der Waals surface area contributed by atoms with Crippen LogP contribution in [0.25, 0.3) is 0 Å². The standard InChI is InChI=1S/C13H23N5O3/c1-4-11(19)10-7-18(17-16-10)8-12(20)15-13(21)14-6-5-9(2)3/h7,9,11,19H,4-6,8H2,1-3H3,(H2,14,15,20,21). The quantitative estimate of drug-likeness (QED) is 0.682. The predicted octanol–water partition coefficient (Wildman–Crippen LogP) is 0.593. The van der Waals surface area contributed by atoms with Crippen LogP contribution in [0.2, 0.25) is 0 Å². The number of carbonyl (C=O) groups is 2. The molecule has 0 bridgehead atoms. The number of rotatable bonds is 7. The summed E-state index contributed by atoms with van der Waals surface area (Å²) in [5.74, 6) is -0.000880. The Morgan fingerprint density at radius 2 is 2.14 bits per heavy atom. The lowest BCUT2D eigenvalue weighted by Crippen LogP contribution is -2.41. The highest BCUT2D eigenvalue weighted by molar-refractivity contribution is 5.94. The first kappa shape index (κ1) is 17.1. The third kappa shape index (κ3) is 6.35. The fraction of sp³-hybridized carbons (Fsp3) is 0.692. The van der Waals surface area contributed by atoms with Crippen LogP contribution in [-0.4, -0.2) is 38.6 Å². The van der Waals surface area contributed by atoms with Crippen LogP contribution < -0.4 is 10.6 Å². The van der Waals surface area contributed by atoms with E-state index in [2.05, 4.69) is 34.8 Å². The van der Waals surface area contributed by atoms with Crippen LogP contribution in [-0.2, 0) is 11.3 Å². The summed E-state index contributed by atoms with van der Waals surface area (Å²) in [6.07, 6.45) is 2.16. The molecule has 0 radical (unpaired) electrons. The molecular weight excluding hydrogens is 274 g/mol. The fourth-order valence-corrected chi connectivity index (χ4v) is 1.58. The summed E-state index contributed by atoms with van der Waals surface area (Å²) < 4.78 is 1.28. The summed E-state index contributed by atoms with van der Waals surface area (Å²) in [5, 5.41) is 21.9. The van der Waals surface area contributed by atoms with E-state index >= 15 is 0 Å². The molecule has 0 aliphatic heterocycles. The zero-order chi connectivity index (χ0) is 15.8. The Morgan fingerprint density at radius 3 is 2.76 bits per heavy atom. The minimum atomic E-state index is -0.693. The SMILES string of the molecule is CCC(O)c1cn(CC(=O)NC(=O)NCCC(C)C)nn1. The van der Waals surface area contributed by atoms with Gasteiger partial charge in [0.15, 0.2) is 0 Å². The number of carbonyl (C=O) groups excluding carboxylic acids is 2. The number of imide groups is 1. The molecule has 8 heteroatoms. The Balaban J connectivity index is 2.36. The molecule has 1 aromatic heterocycles. The maximum absolute atomic E-state index is 11.6. The van der Waals surface area contributed by atoms with Crippen molar-refractivity contribution in [2.75, 3.05) is 6.54 Å². The number of aliphatic hydroxyl groups excluding tert-OH is 1. The minimum Gasteiger partial charge on any atom is -0.387 e. The molecule has 21 heavy (non-hydrogen) atoms. The third-order valence-electron chi connectivity index (χ3n) is 2.85. The Hall–Kier alpha value is -1.96. The summed E-state index contributed by atoms with van der Waals surface area (Å²) >= 11 is 0. The van der Waals surface area contributed by atoms with Crippen molar-refractivity contribution in [3.05, 3.63) is 11.9 Å². The lowest BCUT2D eigenvalue weighted by molar-refractivity contribution is -0.120. The van der Waals surface area contributed by atoms with Gasteiger partial charge in [-0.1, -0.05) is 26.0 Å². The smallest absolute Gasteiger partial charge is 0.321 e. The zero-order valence-corrected chi connectivity index (χ0v) is 12.7. The normalized spacial score (nSPS) is 12.2. The van der Waals surface area contributed by atoms with Gasteiger partial charge in [-0.15, -0.1) is 5.10 Å². The van der Waals surface area contributed by atoms with Crippen molar-refractivity contribution in [3.63, 3.8) is 0 Å². The monoisotopic (exact) mass is 297 g/mol. The number of aliphatic hydroxyl groups is 1. The summed E-state index contributed by atoms with van der Waals surface area (Å²) in [6.45, 7) is 6.32. The molecule has 1 unspecified atom stereocenters. The number of hydrogen-bond donors (Lipinski definition) is 3. The van der Waals surface area contributed by atoms with Crippen LogP contribution in [0.4, 0.5) is 4.79 Å². The summed E-state index contributed by atoms with van der Waals surface area (Å²) in [4.78, 5) is 23.1. The molecule has 0 spiro atoms. The van der Waals surface area contributed by atoms with E-state index < -0.39 is 18.0 Å². The summed E-state index contributed by atoms with van der Waals surface area (Å²) in [5.41, 5.74) is 0.409. The average Bonchev–Trinajstić information content (AvgIpc) is 2.85. The van der Waals surface area contributed by atoms with Gasteiger partial charge in [-0.2, -0.15) is 0 Å². The van der Waals surface area contributed by atoms with Crippen molar-refractivity contribution in [2.45, 2.75) is 46.3 Å². The first-order valence-corrected chi connectivity index (χ1v) is 7.08. The first-order valence-electron chi connectivity index (χ1n) is 7.08. The minimum absolute atomic E-state index is 0.124. The van der Waals surface area contributed by atoms with E-state index in [4.69, 9.17) is 0 Å². The van der Waals surface area contributed by atoms with E-state index in [0.717, 1.165) is 6.42 Å². The number of amides is 3. The lowest BCUT2D eigenvalue weighted by Gasteiger charge is -2.08. The van der Waals surface area contributed by atoms with Crippen molar-refractivity contribution in [2.24, 2.45) is 5.92 Å². The van der Waals surface area contributed by atoms with Gasteiger partial charge in [-0.25, -0.2) is 9.48 Å². The maximum Gasteiger partial charge on any atom is 0.321 e. The highest BCUT2D eigenvalue weighted by Crippen LogP contribution is 2.11. The van der Waals surface area contributed by atoms with Crippen LogP contribution >= 0.6 is 0 Å². The molecule has 0 aliphatic rings. The second-order valence-electron chi connectivity index (χ2n) is 5.25. The number of aromatic nitrogens is 3. The summed E-state index contributed by atoms with van der Waals surface area (Å²) in [6, 6.07) is -0.519. The van der Waals surface area contributed by atoms with Gasteiger partial charge in [0.05, 0.1) is 12.3 Å². The molecule has 0 aromatic carbocycles. The molecule has 0 saturated carbocycles. The zero-order valence-electron chi connectivity index (χ0n) is 12.7. The topological polar surface area (TPSA) is 109 Å². The second-order valence-corrected chi connectivity index (χ2v) is 5.25. The van der Waals surface area contributed by atoms with Gasteiger partial charge in [0, 0.05) is 6.54 Å². The molecule has 1 rings (SSSR count). The highest BCUT2D eigenvalue weighted by atomic mass is 16.3. The van der Waals surface area contributed by atoms with E-state index in [0.29, 0.717) is 24.6 Å². The number of urea groups is 1. The van der Waals surface area contributed by atoms with Crippen molar-refractivity contribution in [1.82, 2.24) is 25.6 Å². The number of nitrogens with zero attached hydrogens (tertiary/aromatic N) is 3. The largest absolute Gasteiger partial charge is 0.387 e. The summed E-state index contributed by atoms with van der Waals surface area (Å²) in [7, 11) is 0. The van der Waals surface area contributed by atoms with Crippen molar-refractivity contribution in [3.8, 4) is 0 Å². The van der Waals surface area contributed by atoms with Crippen LogP contribution in [0.15, 0.2) is 6.20 Å². The molecule has 1 atom stereocenters. The second kappa shape index (κ2) is 8.35. The number of hydrogen-bond acceptors (Lipinski definition) is 5. The third-order valence-corrected chi connectivity index (χ3v) is 2.85. The van der Waals surface area contributed by atoms with Crippen LogP contribution in [0.1, 0.15) is 45.4 Å². The van der Waals surface area contributed by atoms with Crippen LogP contribution in [0.3, 0.4) is 0 Å². The lowest BCUT2D eigenvalue weighted by atomic mass is 10.1. The van der Waals surface area contributed by atoms with Gasteiger partial charge >= 0.3 is 6.03 Å². The predicted molar refractivity (Wildman–Crippen MR) is 76.3 cm³/mol. The molecule has 3 amide bonds. The fourth-order valence-electron chi connectivity index (χ4n) is 1.58. The molecule has 118 valence electrons. The van der Waals surface area contributed by atoms with Crippen LogP contribution in [0, 0.1) is 5.92 Å². The molecule has 1 aromatic rings. The molecule has 1 heterocycles. The highest BCUT2D eigenvalue weighted by Gasteiger charge is 2.13. The van der Waals surface area contributed by atoms with Gasteiger partial charge in [0.25, 0.3) is 0 Å². The molecule has 3 N–H and O–H groups in total. The van der Waals surface area contributed by atoms with Gasteiger partial charge < -0.3 is 10.4 Å². The molecule has 0 saturated heterocycles. The Labute approximate surface area is 123 Å².